The molecule has 1 N–H and O–H groups in total. The topological polar surface area (TPSA) is 62.6 Å². The van der Waals surface area contributed by atoms with Crippen molar-refractivity contribution < 1.29 is 27.4 Å². The number of methoxy groups -OCH3 is 2. The summed E-state index contributed by atoms with van der Waals surface area (Å²) in [5.41, 5.74) is 4.46. The van der Waals surface area contributed by atoms with Crippen molar-refractivity contribution in [2.75, 3.05) is 20.8 Å². The van der Waals surface area contributed by atoms with Crippen molar-refractivity contribution in [3.63, 3.8) is 0 Å². The van der Waals surface area contributed by atoms with E-state index in [1.54, 1.807) is 18.2 Å². The molecule has 1 aliphatic heterocycles. The Hall–Kier alpha value is -3.29. The van der Waals surface area contributed by atoms with Crippen LogP contribution in [0.5, 0.6) is 11.5 Å². The van der Waals surface area contributed by atoms with Gasteiger partial charge in [0.2, 0.25) is 0 Å². The number of hydrogen-bond donors (Lipinski definition) is 1. The summed E-state index contributed by atoms with van der Waals surface area (Å²) in [6, 6.07) is 10.2. The lowest BCUT2D eigenvalue weighted by molar-refractivity contribution is -0.188. The molecular weight excluding hydrogens is 421 g/mol. The van der Waals surface area contributed by atoms with Gasteiger partial charge in [0.15, 0.2) is 11.5 Å². The fourth-order valence-corrected chi connectivity index (χ4v) is 4.57. The molecule has 1 amide bonds. The minimum absolute atomic E-state index is 0.0308. The molecule has 4 rings (SSSR count). The monoisotopic (exact) mass is 444 g/mol. The summed E-state index contributed by atoms with van der Waals surface area (Å²) < 4.78 is 50.8. The third-order valence-corrected chi connectivity index (χ3v) is 6.07. The van der Waals surface area contributed by atoms with Crippen LogP contribution in [0.15, 0.2) is 42.5 Å². The van der Waals surface area contributed by atoms with Gasteiger partial charge in [-0.05, 0) is 59.7 Å². The van der Waals surface area contributed by atoms with Crippen LogP contribution in [0, 0.1) is 5.41 Å². The van der Waals surface area contributed by atoms with Crippen molar-refractivity contribution in [1.82, 2.24) is 4.90 Å². The Morgan fingerprint density at radius 3 is 2.44 bits per heavy atom. The molecule has 2 aromatic carbocycles. The number of amides is 1. The summed E-state index contributed by atoms with van der Waals surface area (Å²) in [7, 11) is 2.97. The molecule has 0 aromatic heterocycles. The molecule has 0 bridgehead atoms. The molecule has 8 heteroatoms. The first-order chi connectivity index (χ1) is 15.2. The van der Waals surface area contributed by atoms with Crippen LogP contribution in [0.3, 0.4) is 0 Å². The van der Waals surface area contributed by atoms with Crippen LogP contribution < -0.4 is 9.47 Å². The molecule has 5 nitrogen and oxygen atoms in total. The van der Waals surface area contributed by atoms with Crippen LogP contribution >= 0.6 is 0 Å². The van der Waals surface area contributed by atoms with Gasteiger partial charge in [-0.3, -0.25) is 4.79 Å². The molecule has 1 atom stereocenters. The van der Waals surface area contributed by atoms with Crippen molar-refractivity contribution in [1.29, 1.82) is 5.41 Å². The van der Waals surface area contributed by atoms with Gasteiger partial charge in [-0.25, -0.2) is 0 Å². The number of carbonyl (C=O) groups is 1. The van der Waals surface area contributed by atoms with E-state index in [1.165, 1.54) is 14.2 Å². The lowest BCUT2D eigenvalue weighted by Gasteiger charge is -2.38. The number of benzene rings is 2. The summed E-state index contributed by atoms with van der Waals surface area (Å²) in [4.78, 5) is 13.2. The summed E-state index contributed by atoms with van der Waals surface area (Å²) in [6.07, 6.45) is -2.19. The molecule has 2 aromatic rings. The number of allylic oxidation sites excluding steroid dienone is 2. The lowest BCUT2D eigenvalue weighted by Crippen LogP contribution is -2.46. The molecule has 1 heterocycles. The maximum absolute atomic E-state index is 13.4. The highest BCUT2D eigenvalue weighted by Crippen LogP contribution is 2.43. The first-order valence-corrected chi connectivity index (χ1v) is 10.3. The van der Waals surface area contributed by atoms with Crippen LogP contribution in [0.25, 0.3) is 5.57 Å². The number of hydrogen-bond acceptors (Lipinski definition) is 4. The quantitative estimate of drug-likeness (QED) is 0.711. The Labute approximate surface area is 183 Å². The van der Waals surface area contributed by atoms with E-state index in [9.17, 15) is 18.0 Å². The largest absolute Gasteiger partial charge is 0.493 e. The van der Waals surface area contributed by atoms with E-state index < -0.39 is 18.1 Å². The molecule has 1 aliphatic carbocycles. The number of nitrogens with zero attached hydrogens (tertiary/aromatic N) is 1. The highest BCUT2D eigenvalue weighted by molar-refractivity contribution is 6.17. The molecule has 0 radical (unpaired) electrons. The third-order valence-electron chi connectivity index (χ3n) is 6.07. The zero-order valence-corrected chi connectivity index (χ0v) is 17.8. The van der Waals surface area contributed by atoms with Crippen LogP contribution in [0.4, 0.5) is 13.2 Å². The molecule has 0 saturated carbocycles. The Balaban J connectivity index is 1.70. The molecule has 168 valence electrons. The molecule has 0 fully saturated rings. The van der Waals surface area contributed by atoms with Gasteiger partial charge >= 0.3 is 12.1 Å². The van der Waals surface area contributed by atoms with Crippen LogP contribution in [0.1, 0.15) is 41.1 Å². The SMILES string of the molecule is COc1cc2c(cc1OC)C(CCC1=CC(=N)c3ccccc31)N(C(=O)C(F)(F)F)CC2. The minimum atomic E-state index is -4.95. The number of rotatable bonds is 5. The van der Waals surface area contributed by atoms with E-state index >= 15 is 0 Å². The molecule has 0 saturated heterocycles. The number of carbonyl (C=O) groups excluding carboxylic acids is 1. The van der Waals surface area contributed by atoms with Crippen LogP contribution in [-0.4, -0.2) is 43.5 Å². The predicted octanol–water partition coefficient (Wildman–Crippen LogP) is 4.94. The summed E-state index contributed by atoms with van der Waals surface area (Å²) in [6.45, 7) is -0.0308. The van der Waals surface area contributed by atoms with Gasteiger partial charge in [0.25, 0.3) is 0 Å². The Morgan fingerprint density at radius 2 is 1.78 bits per heavy atom. The van der Waals surface area contributed by atoms with E-state index in [4.69, 9.17) is 14.9 Å². The van der Waals surface area contributed by atoms with Crippen molar-refractivity contribution in [3.8, 4) is 11.5 Å². The second-order valence-electron chi connectivity index (χ2n) is 7.84. The van der Waals surface area contributed by atoms with E-state index in [1.807, 2.05) is 24.3 Å². The van der Waals surface area contributed by atoms with Crippen molar-refractivity contribution in [2.45, 2.75) is 31.5 Å². The molecule has 32 heavy (non-hydrogen) atoms. The molecule has 0 spiro atoms. The standard InChI is InChI=1S/C24H23F3N2O3/c1-31-21-12-15-9-10-29(23(30)24(25,26)27)20(18(15)13-22(21)32-2)8-7-14-11-19(28)17-6-4-3-5-16(14)17/h3-6,11-13,20,28H,7-10H2,1-2H3. The van der Waals surface area contributed by atoms with Crippen molar-refractivity contribution >= 4 is 17.2 Å². The lowest BCUT2D eigenvalue weighted by atomic mass is 9.87. The van der Waals surface area contributed by atoms with E-state index in [0.717, 1.165) is 27.2 Å². The second kappa shape index (κ2) is 8.33. The molecule has 1 unspecified atom stereocenters. The zero-order chi connectivity index (χ0) is 23.0. The van der Waals surface area contributed by atoms with Crippen molar-refractivity contribution in [2.24, 2.45) is 0 Å². The van der Waals surface area contributed by atoms with Gasteiger partial charge in [0.05, 0.1) is 26.0 Å². The first-order valence-electron chi connectivity index (χ1n) is 10.3. The van der Waals surface area contributed by atoms with Gasteiger partial charge in [-0.2, -0.15) is 13.2 Å². The van der Waals surface area contributed by atoms with Gasteiger partial charge < -0.3 is 19.8 Å². The average molecular weight is 444 g/mol. The Morgan fingerprint density at radius 1 is 1.12 bits per heavy atom. The van der Waals surface area contributed by atoms with E-state index in [-0.39, 0.29) is 13.0 Å². The minimum Gasteiger partial charge on any atom is -0.493 e. The Bertz CT molecular complexity index is 1110. The van der Waals surface area contributed by atoms with E-state index in [2.05, 4.69) is 0 Å². The zero-order valence-electron chi connectivity index (χ0n) is 17.8. The maximum Gasteiger partial charge on any atom is 0.471 e. The van der Waals surface area contributed by atoms with E-state index in [0.29, 0.717) is 35.6 Å². The van der Waals surface area contributed by atoms with Gasteiger partial charge in [-0.1, -0.05) is 24.3 Å². The third kappa shape index (κ3) is 3.85. The average Bonchev–Trinajstić information content (AvgIpc) is 3.10. The van der Waals surface area contributed by atoms with Crippen molar-refractivity contribution in [3.05, 3.63) is 64.7 Å². The fourth-order valence-electron chi connectivity index (χ4n) is 4.57. The summed E-state index contributed by atoms with van der Waals surface area (Å²) in [5, 5.41) is 8.17. The van der Waals surface area contributed by atoms with Crippen LogP contribution in [-0.2, 0) is 11.2 Å². The molecule has 2 aliphatic rings. The summed E-state index contributed by atoms with van der Waals surface area (Å²) >= 11 is 0. The highest BCUT2D eigenvalue weighted by Gasteiger charge is 2.46. The second-order valence-corrected chi connectivity index (χ2v) is 7.84. The number of nitrogens with one attached hydrogen (secondary N) is 1. The number of halogens is 3. The highest BCUT2D eigenvalue weighted by atomic mass is 19.4. The number of alkyl halides is 3. The molecular formula is C24H23F3N2O3. The van der Waals surface area contributed by atoms with Gasteiger partial charge in [0, 0.05) is 12.1 Å². The first kappa shape index (κ1) is 21.9. The maximum atomic E-state index is 13.4. The van der Waals surface area contributed by atoms with Crippen LogP contribution in [0.2, 0.25) is 0 Å². The predicted molar refractivity (Wildman–Crippen MR) is 114 cm³/mol. The summed E-state index contributed by atoms with van der Waals surface area (Å²) in [5.74, 6) is -0.928. The number of fused-ring (bicyclic) bond motifs is 2. The van der Waals surface area contributed by atoms with Gasteiger partial charge in [0.1, 0.15) is 0 Å². The number of ether oxygens (including phenoxy) is 2. The normalized spacial score (nSPS) is 17.5. The fraction of sp³-hybridized carbons (Fsp3) is 0.333. The van der Waals surface area contributed by atoms with Gasteiger partial charge in [-0.15, -0.1) is 0 Å². The smallest absolute Gasteiger partial charge is 0.471 e. The Kier molecular flexibility index (Phi) is 5.71.